The summed E-state index contributed by atoms with van der Waals surface area (Å²) in [5.74, 6) is 0.315. The van der Waals surface area contributed by atoms with Crippen LogP contribution in [0.1, 0.15) is 27.4 Å². The molecule has 2 N–H and O–H groups in total. The fourth-order valence-electron chi connectivity index (χ4n) is 2.96. The third-order valence-electron chi connectivity index (χ3n) is 4.44. The largest absolute Gasteiger partial charge is 0.489 e. The number of nitrogens with one attached hydrogen (secondary N) is 2. The second kappa shape index (κ2) is 7.56. The molecule has 1 atom stereocenters. The van der Waals surface area contributed by atoms with Crippen molar-refractivity contribution in [2.75, 3.05) is 11.9 Å². The minimum Gasteiger partial charge on any atom is -0.489 e. The molecular formula is C21H19N3O4. The van der Waals surface area contributed by atoms with Crippen molar-refractivity contribution in [1.29, 1.82) is 0 Å². The lowest BCUT2D eigenvalue weighted by atomic mass is 10.1. The molecule has 1 aliphatic rings. The van der Waals surface area contributed by atoms with Crippen molar-refractivity contribution in [1.82, 2.24) is 10.5 Å². The lowest BCUT2D eigenvalue weighted by Crippen LogP contribution is -2.46. The summed E-state index contributed by atoms with van der Waals surface area (Å²) in [6, 6.07) is 16.0. The Bertz CT molecular complexity index is 1010. The van der Waals surface area contributed by atoms with Crippen LogP contribution < -0.4 is 15.4 Å². The standard InChI is InChI=1S/C21H19N3O4/c1-13-7-8-16-19(9-13)27-12-18(21(26)22-16)23-20(25)17-11-15(28-24-17)10-14-5-3-2-4-6-14/h2-9,11,18H,10,12H2,1H3,(H,22,26)(H,23,25)/t18-/m0/s1. The molecular weight excluding hydrogens is 358 g/mol. The van der Waals surface area contributed by atoms with Gasteiger partial charge in [-0.25, -0.2) is 0 Å². The van der Waals surface area contributed by atoms with Gasteiger partial charge in [-0.15, -0.1) is 0 Å². The average Bonchev–Trinajstić information content (AvgIpc) is 3.10. The fourth-order valence-corrected chi connectivity index (χ4v) is 2.96. The Hall–Kier alpha value is -3.61. The molecule has 0 unspecified atom stereocenters. The Labute approximate surface area is 161 Å². The molecule has 0 bridgehead atoms. The lowest BCUT2D eigenvalue weighted by Gasteiger charge is -2.13. The van der Waals surface area contributed by atoms with Gasteiger partial charge in [-0.1, -0.05) is 41.6 Å². The van der Waals surface area contributed by atoms with Crippen molar-refractivity contribution in [3.05, 3.63) is 77.2 Å². The minimum absolute atomic E-state index is 0.0305. The lowest BCUT2D eigenvalue weighted by molar-refractivity contribution is -0.118. The van der Waals surface area contributed by atoms with Crippen molar-refractivity contribution < 1.29 is 18.8 Å². The van der Waals surface area contributed by atoms with Crippen LogP contribution in [0.4, 0.5) is 5.69 Å². The van der Waals surface area contributed by atoms with Crippen LogP contribution in [0.15, 0.2) is 59.1 Å². The van der Waals surface area contributed by atoms with E-state index in [2.05, 4.69) is 15.8 Å². The molecule has 0 spiro atoms. The van der Waals surface area contributed by atoms with Crippen molar-refractivity contribution in [3.63, 3.8) is 0 Å². The van der Waals surface area contributed by atoms with E-state index in [0.29, 0.717) is 23.6 Å². The number of carbonyl (C=O) groups is 2. The summed E-state index contributed by atoms with van der Waals surface area (Å²) >= 11 is 0. The van der Waals surface area contributed by atoms with E-state index in [1.165, 1.54) is 0 Å². The third-order valence-corrected chi connectivity index (χ3v) is 4.44. The van der Waals surface area contributed by atoms with E-state index in [9.17, 15) is 9.59 Å². The van der Waals surface area contributed by atoms with Gasteiger partial charge in [0.15, 0.2) is 5.69 Å². The topological polar surface area (TPSA) is 93.5 Å². The number of carbonyl (C=O) groups excluding carboxylic acids is 2. The van der Waals surface area contributed by atoms with Crippen molar-refractivity contribution in [2.45, 2.75) is 19.4 Å². The summed E-state index contributed by atoms with van der Waals surface area (Å²) in [4.78, 5) is 24.9. The van der Waals surface area contributed by atoms with E-state index in [1.807, 2.05) is 49.4 Å². The van der Waals surface area contributed by atoms with E-state index in [1.54, 1.807) is 12.1 Å². The second-order valence-corrected chi connectivity index (χ2v) is 6.67. The van der Waals surface area contributed by atoms with Crippen LogP contribution in [0.5, 0.6) is 5.75 Å². The number of nitrogens with zero attached hydrogens (tertiary/aromatic N) is 1. The summed E-state index contributed by atoms with van der Waals surface area (Å²) < 4.78 is 10.9. The molecule has 0 aliphatic carbocycles. The number of hydrogen-bond donors (Lipinski definition) is 2. The molecule has 3 aromatic rings. The zero-order valence-corrected chi connectivity index (χ0v) is 15.3. The number of hydrogen-bond acceptors (Lipinski definition) is 5. The van der Waals surface area contributed by atoms with Crippen LogP contribution in [0.2, 0.25) is 0 Å². The molecule has 2 heterocycles. The molecule has 0 saturated heterocycles. The van der Waals surface area contributed by atoms with E-state index < -0.39 is 11.9 Å². The maximum absolute atomic E-state index is 12.5. The Morgan fingerprint density at radius 1 is 1.21 bits per heavy atom. The minimum atomic E-state index is -0.838. The summed E-state index contributed by atoms with van der Waals surface area (Å²) in [5, 5.41) is 9.24. The first-order valence-corrected chi connectivity index (χ1v) is 8.93. The van der Waals surface area contributed by atoms with E-state index in [-0.39, 0.29) is 18.2 Å². The number of benzene rings is 2. The highest BCUT2D eigenvalue weighted by Crippen LogP contribution is 2.28. The molecule has 1 aliphatic heterocycles. The first kappa shape index (κ1) is 17.8. The molecule has 2 amide bonds. The number of anilines is 1. The number of amides is 2. The summed E-state index contributed by atoms with van der Waals surface area (Å²) in [7, 11) is 0. The average molecular weight is 377 g/mol. The number of fused-ring (bicyclic) bond motifs is 1. The van der Waals surface area contributed by atoms with Gasteiger partial charge in [0.05, 0.1) is 5.69 Å². The van der Waals surface area contributed by atoms with Gasteiger partial charge >= 0.3 is 0 Å². The smallest absolute Gasteiger partial charge is 0.274 e. The van der Waals surface area contributed by atoms with Gasteiger partial charge in [-0.2, -0.15) is 0 Å². The molecule has 0 fully saturated rings. The zero-order valence-electron chi connectivity index (χ0n) is 15.3. The maximum Gasteiger partial charge on any atom is 0.274 e. The Balaban J connectivity index is 1.42. The van der Waals surface area contributed by atoms with Gasteiger partial charge in [0.2, 0.25) is 0 Å². The molecule has 2 aromatic carbocycles. The molecule has 4 rings (SSSR count). The number of ether oxygens (including phenoxy) is 1. The van der Waals surface area contributed by atoms with Crippen LogP contribution in [0.3, 0.4) is 0 Å². The summed E-state index contributed by atoms with van der Waals surface area (Å²) in [5.41, 5.74) is 2.77. The second-order valence-electron chi connectivity index (χ2n) is 6.67. The highest BCUT2D eigenvalue weighted by molar-refractivity contribution is 6.01. The van der Waals surface area contributed by atoms with Crippen LogP contribution in [-0.2, 0) is 11.2 Å². The molecule has 0 radical (unpaired) electrons. The molecule has 0 saturated carbocycles. The van der Waals surface area contributed by atoms with Gasteiger partial charge in [-0.3, -0.25) is 9.59 Å². The molecule has 142 valence electrons. The van der Waals surface area contributed by atoms with E-state index >= 15 is 0 Å². The molecule has 1 aromatic heterocycles. The van der Waals surface area contributed by atoms with Crippen LogP contribution in [0, 0.1) is 6.92 Å². The van der Waals surface area contributed by atoms with Gasteiger partial charge in [-0.05, 0) is 30.2 Å². The fraction of sp³-hybridized carbons (Fsp3) is 0.190. The normalized spacial score (nSPS) is 15.8. The van der Waals surface area contributed by atoms with E-state index in [0.717, 1.165) is 11.1 Å². The maximum atomic E-state index is 12.5. The number of aromatic nitrogens is 1. The van der Waals surface area contributed by atoms with Crippen LogP contribution >= 0.6 is 0 Å². The molecule has 7 nitrogen and oxygen atoms in total. The van der Waals surface area contributed by atoms with Crippen molar-refractivity contribution in [3.8, 4) is 5.75 Å². The first-order valence-electron chi connectivity index (χ1n) is 8.93. The predicted molar refractivity (Wildman–Crippen MR) is 102 cm³/mol. The third kappa shape index (κ3) is 3.88. The van der Waals surface area contributed by atoms with Crippen LogP contribution in [0.25, 0.3) is 0 Å². The van der Waals surface area contributed by atoms with Gasteiger partial charge in [0.25, 0.3) is 11.8 Å². The van der Waals surface area contributed by atoms with Crippen LogP contribution in [-0.4, -0.2) is 29.6 Å². The Kier molecular flexibility index (Phi) is 4.80. The van der Waals surface area contributed by atoms with E-state index in [4.69, 9.17) is 9.26 Å². The van der Waals surface area contributed by atoms with Crippen molar-refractivity contribution in [2.24, 2.45) is 0 Å². The summed E-state index contributed by atoms with van der Waals surface area (Å²) in [6.07, 6.45) is 0.531. The van der Waals surface area contributed by atoms with Gasteiger partial charge in [0.1, 0.15) is 24.2 Å². The molecule has 7 heteroatoms. The number of aryl methyl sites for hydroxylation is 1. The number of rotatable bonds is 4. The Morgan fingerprint density at radius 3 is 2.86 bits per heavy atom. The SMILES string of the molecule is Cc1ccc2c(c1)OC[C@H](NC(=O)c1cc(Cc3ccccc3)on1)C(=O)N2. The predicted octanol–water partition coefficient (Wildman–Crippen LogP) is 2.70. The quantitative estimate of drug-likeness (QED) is 0.729. The van der Waals surface area contributed by atoms with Crippen molar-refractivity contribution >= 4 is 17.5 Å². The summed E-state index contributed by atoms with van der Waals surface area (Å²) in [6.45, 7) is 1.97. The zero-order chi connectivity index (χ0) is 19.5. The molecule has 28 heavy (non-hydrogen) atoms. The first-order chi connectivity index (χ1) is 13.6. The highest BCUT2D eigenvalue weighted by Gasteiger charge is 2.27. The monoisotopic (exact) mass is 377 g/mol. The van der Waals surface area contributed by atoms with Gasteiger partial charge < -0.3 is 19.9 Å². The Morgan fingerprint density at radius 2 is 2.04 bits per heavy atom. The van der Waals surface area contributed by atoms with Gasteiger partial charge in [0, 0.05) is 12.5 Å². The highest BCUT2D eigenvalue weighted by atomic mass is 16.5.